The number of nitrogens with one attached hydrogen (secondary N) is 1. The Hall–Kier alpha value is -0.130. The lowest BCUT2D eigenvalue weighted by molar-refractivity contribution is 0.136. The molecule has 3 rings (SSSR count). The zero-order valence-corrected chi connectivity index (χ0v) is 12.5. The Kier molecular flexibility index (Phi) is 4.15. The van der Waals surface area contributed by atoms with Crippen LogP contribution >= 0.6 is 0 Å². The summed E-state index contributed by atoms with van der Waals surface area (Å²) in [4.78, 5) is 0. The first kappa shape index (κ1) is 13.8. The summed E-state index contributed by atoms with van der Waals surface area (Å²) in [6.45, 7) is 2.53. The molecule has 1 aliphatic carbocycles. The number of nitrogens with zero attached hydrogens (tertiary/aromatic N) is 1. The molecule has 3 atom stereocenters. The van der Waals surface area contributed by atoms with E-state index in [1.54, 1.807) is 4.31 Å². The van der Waals surface area contributed by atoms with Crippen LogP contribution in [-0.4, -0.2) is 44.2 Å². The smallest absolute Gasteiger partial charge is 0.215 e. The highest BCUT2D eigenvalue weighted by Gasteiger charge is 2.36. The molecule has 3 aliphatic rings. The van der Waals surface area contributed by atoms with Crippen molar-refractivity contribution in [1.82, 2.24) is 9.62 Å². The molecule has 5 heteroatoms. The van der Waals surface area contributed by atoms with Gasteiger partial charge in [0.1, 0.15) is 0 Å². The molecular weight excluding hydrogens is 260 g/mol. The van der Waals surface area contributed by atoms with Crippen molar-refractivity contribution in [2.75, 3.05) is 25.4 Å². The Morgan fingerprint density at radius 2 is 1.79 bits per heavy atom. The highest BCUT2D eigenvalue weighted by atomic mass is 32.2. The van der Waals surface area contributed by atoms with E-state index >= 15 is 0 Å². The number of rotatable bonds is 3. The minimum Gasteiger partial charge on any atom is -0.313 e. The van der Waals surface area contributed by atoms with Crippen molar-refractivity contribution in [2.24, 2.45) is 11.8 Å². The monoisotopic (exact) mass is 286 g/mol. The van der Waals surface area contributed by atoms with Crippen molar-refractivity contribution in [1.29, 1.82) is 0 Å². The molecule has 0 spiro atoms. The third-order valence-corrected chi connectivity index (χ3v) is 7.16. The van der Waals surface area contributed by atoms with Crippen molar-refractivity contribution < 1.29 is 8.42 Å². The number of fused-ring (bicyclic) bond motifs is 1. The van der Waals surface area contributed by atoms with E-state index in [2.05, 4.69) is 5.32 Å². The molecule has 3 fully saturated rings. The van der Waals surface area contributed by atoms with Crippen molar-refractivity contribution >= 4 is 10.0 Å². The van der Waals surface area contributed by atoms with Gasteiger partial charge in [-0.25, -0.2) is 12.7 Å². The predicted octanol–water partition coefficient (Wildman–Crippen LogP) is 1.58. The van der Waals surface area contributed by atoms with Crippen LogP contribution in [0.25, 0.3) is 0 Å². The third kappa shape index (κ3) is 3.14. The second kappa shape index (κ2) is 5.70. The maximum atomic E-state index is 12.5. The first-order chi connectivity index (χ1) is 9.15. The molecule has 2 heterocycles. The summed E-state index contributed by atoms with van der Waals surface area (Å²) >= 11 is 0. The van der Waals surface area contributed by atoms with Crippen LogP contribution in [0.5, 0.6) is 0 Å². The first-order valence-electron chi connectivity index (χ1n) is 7.86. The summed E-state index contributed by atoms with van der Waals surface area (Å²) < 4.78 is 26.8. The van der Waals surface area contributed by atoms with Crippen molar-refractivity contribution in [3.63, 3.8) is 0 Å². The lowest BCUT2D eigenvalue weighted by atomic mass is 9.76. The van der Waals surface area contributed by atoms with Crippen molar-refractivity contribution in [2.45, 2.75) is 51.0 Å². The number of piperidine rings is 1. The van der Waals surface area contributed by atoms with Gasteiger partial charge in [-0.05, 0) is 44.1 Å². The quantitative estimate of drug-likeness (QED) is 0.857. The van der Waals surface area contributed by atoms with E-state index in [1.165, 1.54) is 25.7 Å². The van der Waals surface area contributed by atoms with Crippen LogP contribution in [0, 0.1) is 11.8 Å². The van der Waals surface area contributed by atoms with Gasteiger partial charge in [0.2, 0.25) is 10.0 Å². The first-order valence-corrected chi connectivity index (χ1v) is 9.47. The summed E-state index contributed by atoms with van der Waals surface area (Å²) in [7, 11) is -3.05. The van der Waals surface area contributed by atoms with Crippen molar-refractivity contribution in [3.8, 4) is 0 Å². The Morgan fingerprint density at radius 1 is 1.00 bits per heavy atom. The van der Waals surface area contributed by atoms with Crippen molar-refractivity contribution in [3.05, 3.63) is 0 Å². The second-order valence-corrected chi connectivity index (χ2v) is 8.54. The fraction of sp³-hybridized carbons (Fsp3) is 1.00. The van der Waals surface area contributed by atoms with Crippen LogP contribution in [-0.2, 0) is 10.0 Å². The maximum Gasteiger partial charge on any atom is 0.215 e. The van der Waals surface area contributed by atoms with Crippen LogP contribution in [0.2, 0.25) is 0 Å². The molecule has 110 valence electrons. The molecule has 2 saturated heterocycles. The summed E-state index contributed by atoms with van der Waals surface area (Å²) in [5.74, 6) is 1.74. The lowest BCUT2D eigenvalue weighted by Gasteiger charge is -2.40. The molecule has 0 bridgehead atoms. The Balaban J connectivity index is 1.61. The number of sulfonamides is 1. The van der Waals surface area contributed by atoms with Gasteiger partial charge in [-0.1, -0.05) is 19.3 Å². The Labute approximate surface area is 117 Å². The van der Waals surface area contributed by atoms with Gasteiger partial charge < -0.3 is 5.32 Å². The summed E-state index contributed by atoms with van der Waals surface area (Å²) in [5, 5.41) is 3.30. The molecule has 0 aromatic rings. The van der Waals surface area contributed by atoms with Gasteiger partial charge in [-0.3, -0.25) is 0 Å². The Bertz CT molecular complexity index is 404. The fourth-order valence-electron chi connectivity index (χ4n) is 4.08. The third-order valence-electron chi connectivity index (χ3n) is 5.22. The topological polar surface area (TPSA) is 49.4 Å². The average molecular weight is 286 g/mol. The SMILES string of the molecule is O=S(=O)(CC1CCCN1)N1CCC2CCCCC2C1. The van der Waals surface area contributed by atoms with Gasteiger partial charge in [-0.15, -0.1) is 0 Å². The molecule has 0 amide bonds. The van der Waals surface area contributed by atoms with Crippen LogP contribution < -0.4 is 5.32 Å². The van der Waals surface area contributed by atoms with Gasteiger partial charge in [-0.2, -0.15) is 0 Å². The van der Waals surface area contributed by atoms with E-state index in [1.807, 2.05) is 0 Å². The summed E-state index contributed by atoms with van der Waals surface area (Å²) in [6, 6.07) is 0.189. The van der Waals surface area contributed by atoms with E-state index in [4.69, 9.17) is 0 Å². The zero-order valence-electron chi connectivity index (χ0n) is 11.7. The van der Waals surface area contributed by atoms with E-state index < -0.39 is 10.0 Å². The molecule has 4 nitrogen and oxygen atoms in total. The summed E-state index contributed by atoms with van der Waals surface area (Å²) in [6.07, 6.45) is 8.41. The molecule has 0 aromatic carbocycles. The van der Waals surface area contributed by atoms with Gasteiger partial charge in [0.05, 0.1) is 5.75 Å². The normalized spacial score (nSPS) is 37.2. The highest BCUT2D eigenvalue weighted by molar-refractivity contribution is 7.89. The van der Waals surface area contributed by atoms with Crippen LogP contribution in [0.1, 0.15) is 44.9 Å². The molecule has 0 radical (unpaired) electrons. The van der Waals surface area contributed by atoms with E-state index in [0.717, 1.165) is 44.8 Å². The second-order valence-electron chi connectivity index (χ2n) is 6.52. The van der Waals surface area contributed by atoms with E-state index in [-0.39, 0.29) is 6.04 Å². The molecule has 19 heavy (non-hydrogen) atoms. The molecule has 1 N–H and O–H groups in total. The molecular formula is C14H26N2O2S. The molecule has 1 saturated carbocycles. The number of hydrogen-bond donors (Lipinski definition) is 1. The average Bonchev–Trinajstić information content (AvgIpc) is 2.90. The molecule has 2 aliphatic heterocycles. The molecule has 0 aromatic heterocycles. The van der Waals surface area contributed by atoms with E-state index in [9.17, 15) is 8.42 Å². The fourth-order valence-corrected chi connectivity index (χ4v) is 5.88. The largest absolute Gasteiger partial charge is 0.313 e. The van der Waals surface area contributed by atoms with Gasteiger partial charge >= 0.3 is 0 Å². The van der Waals surface area contributed by atoms with Gasteiger partial charge in [0.25, 0.3) is 0 Å². The standard InChI is InChI=1S/C14H26N2O2S/c17-19(18,11-14-6-3-8-15-14)16-9-7-12-4-1-2-5-13(12)10-16/h12-15H,1-11H2. The van der Waals surface area contributed by atoms with Crippen LogP contribution in [0.15, 0.2) is 0 Å². The minimum atomic E-state index is -3.05. The van der Waals surface area contributed by atoms with Crippen LogP contribution in [0.4, 0.5) is 0 Å². The van der Waals surface area contributed by atoms with Gasteiger partial charge in [0, 0.05) is 19.1 Å². The maximum absolute atomic E-state index is 12.5. The molecule has 3 unspecified atom stereocenters. The summed E-state index contributed by atoms with van der Waals surface area (Å²) in [5.41, 5.74) is 0. The van der Waals surface area contributed by atoms with E-state index in [0.29, 0.717) is 11.7 Å². The van der Waals surface area contributed by atoms with Crippen LogP contribution in [0.3, 0.4) is 0 Å². The zero-order chi connectivity index (χ0) is 13.3. The lowest BCUT2D eigenvalue weighted by Crippen LogP contribution is -2.47. The van der Waals surface area contributed by atoms with Gasteiger partial charge in [0.15, 0.2) is 0 Å². The Morgan fingerprint density at radius 3 is 2.53 bits per heavy atom. The predicted molar refractivity (Wildman–Crippen MR) is 76.4 cm³/mol. The number of hydrogen-bond acceptors (Lipinski definition) is 3. The highest BCUT2D eigenvalue weighted by Crippen LogP contribution is 2.36. The minimum absolute atomic E-state index is 0.189.